The standard InChI is InChI=1S/C18H19N3O2S/c1-11-20-15(10-24-11)12-2-4-16-13(8-12)6-7-21(16)18(23)14-3-5-17(22)19-9-14/h2,4,8,10,14H,3,5-7,9H2,1H3,(H,19,22)/t14-/m0/s1. The minimum Gasteiger partial charge on any atom is -0.355 e. The maximum atomic E-state index is 12.8. The van der Waals surface area contributed by atoms with Crippen LogP contribution in [0.1, 0.15) is 23.4 Å². The molecule has 2 aliphatic rings. The predicted octanol–water partition coefficient (Wildman–Crippen LogP) is 2.53. The highest BCUT2D eigenvalue weighted by Crippen LogP contribution is 2.34. The number of hydrogen-bond donors (Lipinski definition) is 1. The zero-order valence-corrected chi connectivity index (χ0v) is 14.4. The first-order valence-corrected chi connectivity index (χ1v) is 9.13. The number of hydrogen-bond acceptors (Lipinski definition) is 4. The van der Waals surface area contributed by atoms with Crippen LogP contribution in [0.3, 0.4) is 0 Å². The molecule has 4 rings (SSSR count). The number of nitrogens with one attached hydrogen (secondary N) is 1. The molecule has 124 valence electrons. The number of carbonyl (C=O) groups is 2. The molecule has 2 aromatic rings. The Kier molecular flexibility index (Phi) is 3.84. The minimum absolute atomic E-state index is 0.0454. The van der Waals surface area contributed by atoms with Gasteiger partial charge in [0.1, 0.15) is 0 Å². The van der Waals surface area contributed by atoms with Gasteiger partial charge in [0.15, 0.2) is 0 Å². The van der Waals surface area contributed by atoms with Gasteiger partial charge in [0.05, 0.1) is 16.6 Å². The number of thiazole rings is 1. The Morgan fingerprint density at radius 3 is 2.96 bits per heavy atom. The summed E-state index contributed by atoms with van der Waals surface area (Å²) in [4.78, 5) is 30.5. The van der Waals surface area contributed by atoms with Crippen LogP contribution in [0.25, 0.3) is 11.3 Å². The van der Waals surface area contributed by atoms with Gasteiger partial charge in [-0.1, -0.05) is 6.07 Å². The Labute approximate surface area is 144 Å². The number of rotatable bonds is 2. The van der Waals surface area contributed by atoms with Gasteiger partial charge in [-0.05, 0) is 37.5 Å². The molecular weight excluding hydrogens is 322 g/mol. The Morgan fingerprint density at radius 2 is 2.25 bits per heavy atom. The fourth-order valence-corrected chi connectivity index (χ4v) is 4.07. The van der Waals surface area contributed by atoms with Gasteiger partial charge in [0.2, 0.25) is 11.8 Å². The van der Waals surface area contributed by atoms with Gasteiger partial charge in [0, 0.05) is 36.1 Å². The molecule has 2 amide bonds. The van der Waals surface area contributed by atoms with Gasteiger partial charge in [0.25, 0.3) is 0 Å². The molecule has 5 nitrogen and oxygen atoms in total. The monoisotopic (exact) mass is 341 g/mol. The van der Waals surface area contributed by atoms with E-state index in [9.17, 15) is 9.59 Å². The Bertz CT molecular complexity index is 804. The van der Waals surface area contributed by atoms with Crippen molar-refractivity contribution in [2.75, 3.05) is 18.0 Å². The predicted molar refractivity (Wildman–Crippen MR) is 94.1 cm³/mol. The van der Waals surface area contributed by atoms with E-state index in [1.54, 1.807) is 11.3 Å². The molecule has 0 bridgehead atoms. The van der Waals surface area contributed by atoms with Crippen LogP contribution in [-0.2, 0) is 16.0 Å². The van der Waals surface area contributed by atoms with E-state index in [1.807, 2.05) is 24.0 Å². The lowest BCUT2D eigenvalue weighted by Crippen LogP contribution is -2.44. The number of fused-ring (bicyclic) bond motifs is 1. The third-order valence-electron chi connectivity index (χ3n) is 4.77. The van der Waals surface area contributed by atoms with E-state index in [4.69, 9.17) is 0 Å². The van der Waals surface area contributed by atoms with Crippen LogP contribution in [-0.4, -0.2) is 29.9 Å². The summed E-state index contributed by atoms with van der Waals surface area (Å²) in [5, 5.41) is 5.93. The topological polar surface area (TPSA) is 62.3 Å². The van der Waals surface area contributed by atoms with E-state index >= 15 is 0 Å². The van der Waals surface area contributed by atoms with Crippen molar-refractivity contribution in [1.82, 2.24) is 10.3 Å². The zero-order valence-electron chi connectivity index (χ0n) is 13.5. The van der Waals surface area contributed by atoms with Crippen molar-refractivity contribution in [3.05, 3.63) is 34.2 Å². The SMILES string of the molecule is Cc1nc(-c2ccc3c(c2)CCN3C(=O)[C@H]2CCC(=O)NC2)cs1. The highest BCUT2D eigenvalue weighted by Gasteiger charge is 2.32. The van der Waals surface area contributed by atoms with Crippen LogP contribution < -0.4 is 10.2 Å². The molecule has 0 radical (unpaired) electrons. The average Bonchev–Trinajstić information content (AvgIpc) is 3.20. The first-order chi connectivity index (χ1) is 11.6. The Balaban J connectivity index is 1.56. The second-order valence-corrected chi connectivity index (χ2v) is 7.44. The van der Waals surface area contributed by atoms with E-state index in [0.717, 1.165) is 34.9 Å². The second-order valence-electron chi connectivity index (χ2n) is 6.37. The summed E-state index contributed by atoms with van der Waals surface area (Å²) in [7, 11) is 0. The molecule has 6 heteroatoms. The van der Waals surface area contributed by atoms with Gasteiger partial charge >= 0.3 is 0 Å². The molecule has 24 heavy (non-hydrogen) atoms. The lowest BCUT2D eigenvalue weighted by Gasteiger charge is -2.27. The fraction of sp³-hybridized carbons (Fsp3) is 0.389. The van der Waals surface area contributed by atoms with Gasteiger partial charge in [-0.15, -0.1) is 11.3 Å². The molecule has 1 aromatic carbocycles. The number of nitrogens with zero attached hydrogens (tertiary/aromatic N) is 2. The summed E-state index contributed by atoms with van der Waals surface area (Å²) in [5.41, 5.74) is 4.32. The highest BCUT2D eigenvalue weighted by molar-refractivity contribution is 7.09. The van der Waals surface area contributed by atoms with E-state index in [1.165, 1.54) is 5.56 Å². The van der Waals surface area contributed by atoms with Crippen molar-refractivity contribution in [3.8, 4) is 11.3 Å². The smallest absolute Gasteiger partial charge is 0.231 e. The van der Waals surface area contributed by atoms with Crippen LogP contribution in [0.5, 0.6) is 0 Å². The molecule has 0 unspecified atom stereocenters. The molecule has 0 aliphatic carbocycles. The summed E-state index contributed by atoms with van der Waals surface area (Å²) in [6.45, 7) is 3.18. The van der Waals surface area contributed by atoms with Crippen LogP contribution in [0, 0.1) is 12.8 Å². The van der Waals surface area contributed by atoms with Crippen molar-refractivity contribution in [2.24, 2.45) is 5.92 Å². The number of piperidine rings is 1. The van der Waals surface area contributed by atoms with Crippen LogP contribution in [0.2, 0.25) is 0 Å². The van der Waals surface area contributed by atoms with Crippen LogP contribution in [0.15, 0.2) is 23.6 Å². The minimum atomic E-state index is -0.102. The molecule has 1 fully saturated rings. The first kappa shape index (κ1) is 15.3. The normalized spacial score (nSPS) is 20.0. The zero-order chi connectivity index (χ0) is 16.7. The van der Waals surface area contributed by atoms with Gasteiger partial charge in [-0.3, -0.25) is 9.59 Å². The number of aromatic nitrogens is 1. The molecule has 1 aromatic heterocycles. The van der Waals surface area contributed by atoms with Gasteiger partial charge in [-0.25, -0.2) is 4.98 Å². The summed E-state index contributed by atoms with van der Waals surface area (Å²) in [6.07, 6.45) is 1.96. The number of benzene rings is 1. The molecule has 1 N–H and O–H groups in total. The molecule has 3 heterocycles. The second kappa shape index (κ2) is 6.02. The third-order valence-corrected chi connectivity index (χ3v) is 5.54. The lowest BCUT2D eigenvalue weighted by molar-refractivity contribution is -0.127. The summed E-state index contributed by atoms with van der Waals surface area (Å²) in [6, 6.07) is 6.23. The summed E-state index contributed by atoms with van der Waals surface area (Å²) in [5.74, 6) is 0.0737. The van der Waals surface area contributed by atoms with Crippen molar-refractivity contribution in [3.63, 3.8) is 0 Å². The first-order valence-electron chi connectivity index (χ1n) is 8.25. The molecular formula is C18H19N3O2S. The number of amides is 2. The number of anilines is 1. The average molecular weight is 341 g/mol. The lowest BCUT2D eigenvalue weighted by atomic mass is 9.97. The van der Waals surface area contributed by atoms with Crippen molar-refractivity contribution in [2.45, 2.75) is 26.2 Å². The van der Waals surface area contributed by atoms with Crippen molar-refractivity contribution >= 4 is 28.8 Å². The quantitative estimate of drug-likeness (QED) is 0.913. The molecule has 2 aliphatic heterocycles. The van der Waals surface area contributed by atoms with E-state index in [-0.39, 0.29) is 17.7 Å². The molecule has 1 saturated heterocycles. The Morgan fingerprint density at radius 1 is 1.38 bits per heavy atom. The third kappa shape index (κ3) is 2.71. The number of aryl methyl sites for hydroxylation is 1. The van der Waals surface area contributed by atoms with Crippen molar-refractivity contribution in [1.29, 1.82) is 0 Å². The van der Waals surface area contributed by atoms with Gasteiger partial charge in [-0.2, -0.15) is 0 Å². The summed E-state index contributed by atoms with van der Waals surface area (Å²) >= 11 is 1.65. The van der Waals surface area contributed by atoms with E-state index in [0.29, 0.717) is 19.4 Å². The van der Waals surface area contributed by atoms with Crippen LogP contribution >= 0.6 is 11.3 Å². The van der Waals surface area contributed by atoms with Crippen LogP contribution in [0.4, 0.5) is 5.69 Å². The maximum Gasteiger partial charge on any atom is 0.231 e. The number of carbonyl (C=O) groups excluding carboxylic acids is 2. The van der Waals surface area contributed by atoms with Crippen molar-refractivity contribution < 1.29 is 9.59 Å². The summed E-state index contributed by atoms with van der Waals surface area (Å²) < 4.78 is 0. The molecule has 1 atom stereocenters. The van der Waals surface area contributed by atoms with E-state index in [2.05, 4.69) is 21.7 Å². The Hall–Kier alpha value is -2.21. The maximum absolute atomic E-state index is 12.8. The fourth-order valence-electron chi connectivity index (χ4n) is 3.45. The highest BCUT2D eigenvalue weighted by atomic mass is 32.1. The molecule has 0 spiro atoms. The van der Waals surface area contributed by atoms with E-state index < -0.39 is 0 Å². The molecule has 0 saturated carbocycles. The van der Waals surface area contributed by atoms with Gasteiger partial charge < -0.3 is 10.2 Å². The largest absolute Gasteiger partial charge is 0.355 e.